The summed E-state index contributed by atoms with van der Waals surface area (Å²) in [7, 11) is 1.49. The molecule has 112 valence electrons. The predicted molar refractivity (Wildman–Crippen MR) is 84.1 cm³/mol. The highest BCUT2D eigenvalue weighted by Crippen LogP contribution is 2.34. The van der Waals surface area contributed by atoms with Crippen LogP contribution in [-0.4, -0.2) is 7.05 Å². The summed E-state index contributed by atoms with van der Waals surface area (Å²) in [6.07, 6.45) is 0. The van der Waals surface area contributed by atoms with Crippen molar-refractivity contribution in [1.29, 1.82) is 0 Å². The highest BCUT2D eigenvalue weighted by molar-refractivity contribution is 9.10. The van der Waals surface area contributed by atoms with Crippen molar-refractivity contribution in [2.75, 3.05) is 7.05 Å². The maximum Gasteiger partial charge on any atom is 0.132 e. The largest absolute Gasteiger partial charge is 0.309 e. The molecule has 1 atom stereocenters. The van der Waals surface area contributed by atoms with Crippen LogP contribution in [0, 0.1) is 17.5 Å². The van der Waals surface area contributed by atoms with Crippen molar-refractivity contribution in [3.8, 4) is 0 Å². The topological polar surface area (TPSA) is 12.0 Å². The van der Waals surface area contributed by atoms with Crippen LogP contribution in [0.4, 0.5) is 13.2 Å². The smallest absolute Gasteiger partial charge is 0.132 e. The van der Waals surface area contributed by atoms with Gasteiger partial charge in [-0.15, -0.1) is 0 Å². The number of benzene rings is 2. The average molecular weight is 443 g/mol. The molecule has 0 aromatic heterocycles. The third-order valence-electron chi connectivity index (χ3n) is 2.97. The third kappa shape index (κ3) is 3.44. The van der Waals surface area contributed by atoms with Crippen LogP contribution < -0.4 is 5.32 Å². The number of rotatable bonds is 3. The first-order chi connectivity index (χ1) is 9.85. The molecule has 0 heterocycles. The quantitative estimate of drug-likeness (QED) is 0.610. The van der Waals surface area contributed by atoms with E-state index < -0.39 is 23.5 Å². The zero-order chi connectivity index (χ0) is 15.7. The molecule has 1 nitrogen and oxygen atoms in total. The summed E-state index contributed by atoms with van der Waals surface area (Å²) in [5, 5.41) is 2.97. The molecule has 7 heteroatoms. The van der Waals surface area contributed by atoms with Gasteiger partial charge in [0, 0.05) is 20.1 Å². The van der Waals surface area contributed by atoms with Crippen LogP contribution >= 0.6 is 43.5 Å². The SMILES string of the molecule is CNC(c1cc(Cl)c(Br)cc1F)c1c(F)cc(Br)cc1F. The van der Waals surface area contributed by atoms with Crippen molar-refractivity contribution in [3.63, 3.8) is 0 Å². The highest BCUT2D eigenvalue weighted by Gasteiger charge is 2.24. The van der Waals surface area contributed by atoms with Crippen LogP contribution in [0.5, 0.6) is 0 Å². The van der Waals surface area contributed by atoms with Crippen LogP contribution in [-0.2, 0) is 0 Å². The Morgan fingerprint density at radius 1 is 1.00 bits per heavy atom. The minimum atomic E-state index is -0.997. The molecule has 0 bridgehead atoms. The van der Waals surface area contributed by atoms with Crippen molar-refractivity contribution < 1.29 is 13.2 Å². The number of halogens is 6. The summed E-state index contributed by atoms with van der Waals surface area (Å²) >= 11 is 12.1. The van der Waals surface area contributed by atoms with Crippen molar-refractivity contribution in [3.05, 3.63) is 66.8 Å². The van der Waals surface area contributed by atoms with Crippen molar-refractivity contribution in [1.82, 2.24) is 5.32 Å². The van der Waals surface area contributed by atoms with Gasteiger partial charge >= 0.3 is 0 Å². The van der Waals surface area contributed by atoms with Crippen molar-refractivity contribution in [2.45, 2.75) is 6.04 Å². The molecule has 0 saturated carbocycles. The molecule has 2 aromatic rings. The molecular weight excluding hydrogens is 434 g/mol. The molecule has 21 heavy (non-hydrogen) atoms. The van der Waals surface area contributed by atoms with Crippen molar-refractivity contribution >= 4 is 43.5 Å². The van der Waals surface area contributed by atoms with Gasteiger partial charge in [0.1, 0.15) is 17.5 Å². The fourth-order valence-electron chi connectivity index (χ4n) is 2.04. The minimum Gasteiger partial charge on any atom is -0.309 e. The summed E-state index contributed by atoms with van der Waals surface area (Å²) in [6, 6.07) is 3.76. The third-order valence-corrected chi connectivity index (χ3v) is 4.63. The van der Waals surface area contributed by atoms with E-state index in [2.05, 4.69) is 37.2 Å². The van der Waals surface area contributed by atoms with Gasteiger partial charge in [0.15, 0.2) is 0 Å². The Morgan fingerprint density at radius 3 is 2.10 bits per heavy atom. The standard InChI is InChI=1S/C14H9Br2ClF3N/c1-21-14(7-4-9(17)8(16)5-10(7)18)13-11(19)2-6(15)3-12(13)20/h2-5,14,21H,1H3. The molecule has 1 N–H and O–H groups in total. The Labute approximate surface area is 141 Å². The van der Waals surface area contributed by atoms with Gasteiger partial charge < -0.3 is 5.32 Å². The Morgan fingerprint density at radius 2 is 1.57 bits per heavy atom. The van der Waals surface area contributed by atoms with Gasteiger partial charge in [-0.2, -0.15) is 0 Å². The second kappa shape index (κ2) is 6.69. The Hall–Kier alpha value is -0.560. The lowest BCUT2D eigenvalue weighted by molar-refractivity contribution is 0.507. The molecule has 0 radical (unpaired) electrons. The molecule has 0 aliphatic carbocycles. The maximum atomic E-state index is 14.1. The first-order valence-electron chi connectivity index (χ1n) is 5.81. The van der Waals surface area contributed by atoms with Crippen LogP contribution in [0.2, 0.25) is 5.02 Å². The fraction of sp³-hybridized carbons (Fsp3) is 0.143. The van der Waals surface area contributed by atoms with E-state index in [4.69, 9.17) is 11.6 Å². The Balaban J connectivity index is 2.63. The molecule has 0 saturated heterocycles. The number of hydrogen-bond donors (Lipinski definition) is 1. The predicted octanol–water partition coefficient (Wildman–Crippen LogP) is 5.59. The number of nitrogens with one attached hydrogen (secondary N) is 1. The average Bonchev–Trinajstić information content (AvgIpc) is 2.38. The molecule has 0 spiro atoms. The van der Waals surface area contributed by atoms with E-state index in [0.29, 0.717) is 4.47 Å². The lowest BCUT2D eigenvalue weighted by Crippen LogP contribution is -2.21. The maximum absolute atomic E-state index is 14.1. The molecule has 0 fully saturated rings. The molecular formula is C14H9Br2ClF3N. The van der Waals surface area contributed by atoms with E-state index in [0.717, 1.165) is 18.2 Å². The first kappa shape index (κ1) is 16.8. The van der Waals surface area contributed by atoms with E-state index in [1.165, 1.54) is 13.1 Å². The van der Waals surface area contributed by atoms with Crippen LogP contribution in [0.25, 0.3) is 0 Å². The summed E-state index contributed by atoms with van der Waals surface area (Å²) < 4.78 is 42.9. The zero-order valence-electron chi connectivity index (χ0n) is 10.7. The normalized spacial score (nSPS) is 12.5. The Kier molecular flexibility index (Phi) is 5.35. The van der Waals surface area contributed by atoms with E-state index in [1.807, 2.05) is 0 Å². The van der Waals surface area contributed by atoms with Gasteiger partial charge in [-0.3, -0.25) is 0 Å². The van der Waals surface area contributed by atoms with E-state index in [-0.39, 0.29) is 20.6 Å². The van der Waals surface area contributed by atoms with E-state index >= 15 is 0 Å². The molecule has 1 unspecified atom stereocenters. The van der Waals surface area contributed by atoms with Crippen molar-refractivity contribution in [2.24, 2.45) is 0 Å². The van der Waals surface area contributed by atoms with Gasteiger partial charge in [0.25, 0.3) is 0 Å². The molecule has 0 aliphatic heterocycles. The minimum absolute atomic E-state index is 0.0609. The van der Waals surface area contributed by atoms with Crippen LogP contribution in [0.15, 0.2) is 33.2 Å². The van der Waals surface area contributed by atoms with Gasteiger partial charge in [0.2, 0.25) is 0 Å². The van der Waals surface area contributed by atoms with Gasteiger partial charge in [0.05, 0.1) is 11.1 Å². The molecule has 0 aliphatic rings. The van der Waals surface area contributed by atoms with E-state index in [9.17, 15) is 13.2 Å². The summed E-state index contributed by atoms with van der Waals surface area (Å²) in [5.74, 6) is -2.17. The number of hydrogen-bond acceptors (Lipinski definition) is 1. The Bertz CT molecular complexity index is 671. The summed E-state index contributed by atoms with van der Waals surface area (Å²) in [5.41, 5.74) is -0.205. The van der Waals surface area contributed by atoms with Gasteiger partial charge in [-0.25, -0.2) is 13.2 Å². The first-order valence-corrected chi connectivity index (χ1v) is 7.77. The van der Waals surface area contributed by atoms with E-state index in [1.54, 1.807) is 0 Å². The second-order valence-corrected chi connectivity index (χ2v) is 6.47. The zero-order valence-corrected chi connectivity index (χ0v) is 14.6. The lowest BCUT2D eigenvalue weighted by atomic mass is 9.97. The fourth-order valence-corrected chi connectivity index (χ4v) is 2.93. The van der Waals surface area contributed by atoms with Gasteiger partial charge in [-0.05, 0) is 47.2 Å². The highest BCUT2D eigenvalue weighted by atomic mass is 79.9. The summed E-state index contributed by atoms with van der Waals surface area (Å²) in [4.78, 5) is 0. The molecule has 2 aromatic carbocycles. The van der Waals surface area contributed by atoms with Gasteiger partial charge in [-0.1, -0.05) is 27.5 Å². The molecule has 0 amide bonds. The monoisotopic (exact) mass is 441 g/mol. The summed E-state index contributed by atoms with van der Waals surface area (Å²) in [6.45, 7) is 0. The molecule has 2 rings (SSSR count). The second-order valence-electron chi connectivity index (χ2n) is 4.29. The lowest BCUT2D eigenvalue weighted by Gasteiger charge is -2.20. The van der Waals surface area contributed by atoms with Crippen LogP contribution in [0.1, 0.15) is 17.2 Å². The van der Waals surface area contributed by atoms with Crippen LogP contribution in [0.3, 0.4) is 0 Å².